The number of rotatable bonds is 7. The van der Waals surface area contributed by atoms with E-state index in [1.807, 2.05) is 0 Å². The molecule has 1 aliphatic carbocycles. The Morgan fingerprint density at radius 2 is 2.11 bits per heavy atom. The molecule has 0 bridgehead atoms. The minimum atomic E-state index is 0.682. The molecule has 0 amide bonds. The number of piperazine rings is 1. The quantitative estimate of drug-likeness (QED) is 0.704. The van der Waals surface area contributed by atoms with Crippen LogP contribution in [0.1, 0.15) is 40.0 Å². The molecule has 18 heavy (non-hydrogen) atoms. The number of hydrogen-bond donors (Lipinski definition) is 1. The highest BCUT2D eigenvalue weighted by molar-refractivity contribution is 4.95. The Morgan fingerprint density at radius 1 is 1.33 bits per heavy atom. The second-order valence-electron chi connectivity index (χ2n) is 6.33. The van der Waals surface area contributed by atoms with Crippen LogP contribution in [0.5, 0.6) is 0 Å². The first-order valence-corrected chi connectivity index (χ1v) is 7.75. The molecule has 1 saturated heterocycles. The summed E-state index contributed by atoms with van der Waals surface area (Å²) in [5.41, 5.74) is 0. The van der Waals surface area contributed by atoms with Crippen molar-refractivity contribution in [2.75, 3.05) is 32.8 Å². The van der Waals surface area contributed by atoms with Gasteiger partial charge in [-0.15, -0.1) is 0 Å². The molecule has 2 rings (SSSR count). The van der Waals surface area contributed by atoms with E-state index in [2.05, 4.69) is 31.0 Å². The van der Waals surface area contributed by atoms with E-state index in [1.165, 1.54) is 32.4 Å². The minimum absolute atomic E-state index is 0.682. The zero-order valence-electron chi connectivity index (χ0n) is 12.3. The van der Waals surface area contributed by atoms with Gasteiger partial charge in [0.25, 0.3) is 0 Å². The molecular formula is C15H30N2O. The average Bonchev–Trinajstić information content (AvgIpc) is 3.13. The van der Waals surface area contributed by atoms with Crippen LogP contribution in [0.2, 0.25) is 0 Å². The highest BCUT2D eigenvalue weighted by Crippen LogP contribution is 2.36. The van der Waals surface area contributed by atoms with Crippen LogP contribution in [0.25, 0.3) is 0 Å². The first kappa shape index (κ1) is 14.3. The summed E-state index contributed by atoms with van der Waals surface area (Å²) in [5.74, 6) is 1.74. The van der Waals surface area contributed by atoms with Crippen LogP contribution in [0.15, 0.2) is 0 Å². The third kappa shape index (κ3) is 4.22. The molecule has 1 saturated carbocycles. The molecule has 0 aromatic carbocycles. The summed E-state index contributed by atoms with van der Waals surface area (Å²) in [4.78, 5) is 2.69. The van der Waals surface area contributed by atoms with Crippen LogP contribution in [0, 0.1) is 11.8 Å². The van der Waals surface area contributed by atoms with Gasteiger partial charge in [-0.1, -0.05) is 13.8 Å². The van der Waals surface area contributed by atoms with Gasteiger partial charge in [-0.3, -0.25) is 4.90 Å². The summed E-state index contributed by atoms with van der Waals surface area (Å²) < 4.78 is 5.54. The van der Waals surface area contributed by atoms with Crippen molar-refractivity contribution >= 4 is 0 Å². The van der Waals surface area contributed by atoms with Crippen LogP contribution in [0.3, 0.4) is 0 Å². The maximum atomic E-state index is 5.54. The van der Waals surface area contributed by atoms with Crippen LogP contribution in [-0.2, 0) is 4.74 Å². The van der Waals surface area contributed by atoms with Gasteiger partial charge in [0.1, 0.15) is 0 Å². The topological polar surface area (TPSA) is 24.5 Å². The lowest BCUT2D eigenvalue weighted by Crippen LogP contribution is -2.58. The minimum Gasteiger partial charge on any atom is -0.380 e. The van der Waals surface area contributed by atoms with E-state index in [-0.39, 0.29) is 0 Å². The van der Waals surface area contributed by atoms with Gasteiger partial charge in [0.2, 0.25) is 0 Å². The summed E-state index contributed by atoms with van der Waals surface area (Å²) in [6.45, 7) is 12.0. The number of nitrogens with one attached hydrogen (secondary N) is 1. The van der Waals surface area contributed by atoms with Crippen molar-refractivity contribution in [3.05, 3.63) is 0 Å². The summed E-state index contributed by atoms with van der Waals surface area (Å²) >= 11 is 0. The predicted octanol–water partition coefficient (Wildman–Crippen LogP) is 2.12. The molecule has 3 heteroatoms. The maximum absolute atomic E-state index is 5.54. The van der Waals surface area contributed by atoms with Crippen LogP contribution < -0.4 is 5.32 Å². The fourth-order valence-electron chi connectivity index (χ4n) is 3.16. The molecule has 2 unspecified atom stereocenters. The van der Waals surface area contributed by atoms with E-state index in [0.29, 0.717) is 6.04 Å². The van der Waals surface area contributed by atoms with E-state index >= 15 is 0 Å². The van der Waals surface area contributed by atoms with Crippen molar-refractivity contribution in [2.24, 2.45) is 11.8 Å². The normalized spacial score (nSPS) is 30.0. The van der Waals surface area contributed by atoms with Crippen molar-refractivity contribution in [1.82, 2.24) is 10.2 Å². The highest BCUT2D eigenvalue weighted by atomic mass is 16.5. The molecule has 0 aromatic rings. The molecule has 2 aliphatic rings. The molecule has 0 spiro atoms. The summed E-state index contributed by atoms with van der Waals surface area (Å²) in [5, 5.41) is 3.76. The van der Waals surface area contributed by atoms with Gasteiger partial charge in [0.15, 0.2) is 0 Å². The van der Waals surface area contributed by atoms with Gasteiger partial charge in [0, 0.05) is 38.3 Å². The Morgan fingerprint density at radius 3 is 2.72 bits per heavy atom. The van der Waals surface area contributed by atoms with Gasteiger partial charge >= 0.3 is 0 Å². The average molecular weight is 254 g/mol. The number of hydrogen-bond acceptors (Lipinski definition) is 3. The highest BCUT2D eigenvalue weighted by Gasteiger charge is 2.38. The maximum Gasteiger partial charge on any atom is 0.0593 e. The SMILES string of the molecule is CCOCCN1CC(CC(C)C)NCC1C1CC1. The Balaban J connectivity index is 1.82. The fourth-order valence-corrected chi connectivity index (χ4v) is 3.16. The largest absolute Gasteiger partial charge is 0.380 e. The Labute approximate surface area is 112 Å². The Kier molecular flexibility index (Phi) is 5.46. The lowest BCUT2D eigenvalue weighted by atomic mass is 9.98. The molecule has 0 aromatic heterocycles. The van der Waals surface area contributed by atoms with Crippen molar-refractivity contribution in [2.45, 2.75) is 52.1 Å². The van der Waals surface area contributed by atoms with Crippen LogP contribution >= 0.6 is 0 Å². The standard InChI is InChI=1S/C15H30N2O/c1-4-18-8-7-17-11-14(9-12(2)3)16-10-15(17)13-5-6-13/h12-16H,4-11H2,1-3H3. The second-order valence-corrected chi connectivity index (χ2v) is 6.33. The van der Waals surface area contributed by atoms with Gasteiger partial charge in [-0.2, -0.15) is 0 Å². The second kappa shape index (κ2) is 6.88. The smallest absolute Gasteiger partial charge is 0.0593 e. The zero-order valence-corrected chi connectivity index (χ0v) is 12.3. The number of nitrogens with zero attached hydrogens (tertiary/aromatic N) is 1. The summed E-state index contributed by atoms with van der Waals surface area (Å²) in [7, 11) is 0. The first-order chi connectivity index (χ1) is 8.70. The molecule has 0 radical (unpaired) electrons. The zero-order chi connectivity index (χ0) is 13.0. The molecule has 106 valence electrons. The molecule has 1 aliphatic heterocycles. The van der Waals surface area contributed by atoms with Crippen LogP contribution in [-0.4, -0.2) is 49.8 Å². The van der Waals surface area contributed by atoms with Crippen molar-refractivity contribution in [3.63, 3.8) is 0 Å². The molecular weight excluding hydrogens is 224 g/mol. The molecule has 2 fully saturated rings. The fraction of sp³-hybridized carbons (Fsp3) is 1.00. The van der Waals surface area contributed by atoms with E-state index < -0.39 is 0 Å². The lowest BCUT2D eigenvalue weighted by Gasteiger charge is -2.41. The van der Waals surface area contributed by atoms with Crippen molar-refractivity contribution in [1.29, 1.82) is 0 Å². The summed E-state index contributed by atoms with van der Waals surface area (Å²) in [6.07, 6.45) is 4.17. The van der Waals surface area contributed by atoms with E-state index in [4.69, 9.17) is 4.74 Å². The molecule has 1 N–H and O–H groups in total. The van der Waals surface area contributed by atoms with E-state index in [9.17, 15) is 0 Å². The summed E-state index contributed by atoms with van der Waals surface area (Å²) in [6, 6.07) is 1.45. The van der Waals surface area contributed by atoms with Gasteiger partial charge < -0.3 is 10.1 Å². The van der Waals surface area contributed by atoms with Crippen molar-refractivity contribution < 1.29 is 4.74 Å². The third-order valence-corrected chi connectivity index (χ3v) is 4.19. The predicted molar refractivity (Wildman–Crippen MR) is 75.8 cm³/mol. The van der Waals surface area contributed by atoms with E-state index in [1.54, 1.807) is 0 Å². The molecule has 3 nitrogen and oxygen atoms in total. The lowest BCUT2D eigenvalue weighted by molar-refractivity contribution is 0.0596. The van der Waals surface area contributed by atoms with Gasteiger partial charge in [-0.25, -0.2) is 0 Å². The van der Waals surface area contributed by atoms with Crippen molar-refractivity contribution in [3.8, 4) is 0 Å². The number of ether oxygens (including phenoxy) is 1. The Bertz CT molecular complexity index is 241. The van der Waals surface area contributed by atoms with Crippen LogP contribution in [0.4, 0.5) is 0 Å². The molecule has 2 atom stereocenters. The monoisotopic (exact) mass is 254 g/mol. The van der Waals surface area contributed by atoms with Gasteiger partial charge in [0.05, 0.1) is 6.61 Å². The Hall–Kier alpha value is -0.120. The molecule has 1 heterocycles. The first-order valence-electron chi connectivity index (χ1n) is 7.75. The van der Waals surface area contributed by atoms with Gasteiger partial charge in [-0.05, 0) is 38.0 Å². The van der Waals surface area contributed by atoms with E-state index in [0.717, 1.165) is 37.6 Å². The third-order valence-electron chi connectivity index (χ3n) is 4.19.